The van der Waals surface area contributed by atoms with Crippen molar-refractivity contribution in [3.05, 3.63) is 29.8 Å². The van der Waals surface area contributed by atoms with Crippen molar-refractivity contribution in [2.24, 2.45) is 5.41 Å². The smallest absolute Gasteiger partial charge is 0.167 e. The van der Waals surface area contributed by atoms with Gasteiger partial charge in [0.25, 0.3) is 0 Å². The summed E-state index contributed by atoms with van der Waals surface area (Å²) in [6.07, 6.45) is 0. The molecule has 0 radical (unpaired) electrons. The van der Waals surface area contributed by atoms with E-state index in [9.17, 15) is 9.32 Å². The number of hydrogen-bond acceptors (Lipinski definition) is 3. The topological polar surface area (TPSA) is 61.1 Å². The summed E-state index contributed by atoms with van der Waals surface area (Å²) in [5.41, 5.74) is -1.15. The van der Waals surface area contributed by atoms with Crippen LogP contribution in [0.5, 0.6) is 0 Å². The van der Waals surface area contributed by atoms with Crippen LogP contribution in [0, 0.1) is 23.7 Å². The molecule has 98 valence electrons. The minimum atomic E-state index is -1.59. The van der Waals surface area contributed by atoms with E-state index < -0.39 is 21.8 Å². The van der Waals surface area contributed by atoms with E-state index in [0.29, 0.717) is 4.90 Å². The fraction of sp³-hybridized carbons (Fsp3) is 0.500. The third-order valence-corrected chi connectivity index (χ3v) is 4.53. The molecule has 0 aliphatic rings. The van der Waals surface area contributed by atoms with Gasteiger partial charge in [0.15, 0.2) is 5.60 Å². The van der Waals surface area contributed by atoms with Gasteiger partial charge in [-0.1, -0.05) is 38.5 Å². The van der Waals surface area contributed by atoms with Gasteiger partial charge < -0.3 is 5.11 Å². The molecular weight excluding hydrogens is 246 g/mol. The van der Waals surface area contributed by atoms with Crippen molar-refractivity contribution >= 4 is 10.8 Å². The van der Waals surface area contributed by atoms with Crippen LogP contribution in [-0.2, 0) is 10.8 Å². The maximum absolute atomic E-state index is 12.2. The van der Waals surface area contributed by atoms with Crippen molar-refractivity contribution in [3.63, 3.8) is 0 Å². The predicted octanol–water partition coefficient (Wildman–Crippen LogP) is 2.40. The zero-order valence-electron chi connectivity index (χ0n) is 11.2. The van der Waals surface area contributed by atoms with Gasteiger partial charge in [-0.3, -0.25) is 4.21 Å². The lowest BCUT2D eigenvalue weighted by Gasteiger charge is -2.33. The predicted molar refractivity (Wildman–Crippen MR) is 72.5 cm³/mol. The van der Waals surface area contributed by atoms with E-state index >= 15 is 0 Å². The quantitative estimate of drug-likeness (QED) is 0.854. The Kier molecular flexibility index (Phi) is 4.31. The first-order valence-corrected chi connectivity index (χ1v) is 7.10. The highest BCUT2D eigenvalue weighted by molar-refractivity contribution is 7.85. The maximum Gasteiger partial charge on any atom is 0.167 e. The lowest BCUT2D eigenvalue weighted by Crippen LogP contribution is -2.46. The van der Waals surface area contributed by atoms with Gasteiger partial charge in [0.2, 0.25) is 0 Å². The molecule has 18 heavy (non-hydrogen) atoms. The molecule has 0 aromatic heterocycles. The molecule has 0 aliphatic carbocycles. The minimum absolute atomic E-state index is 0.0734. The summed E-state index contributed by atoms with van der Waals surface area (Å²) in [4.78, 5) is 0.638. The second-order valence-electron chi connectivity index (χ2n) is 5.52. The van der Waals surface area contributed by atoms with E-state index in [2.05, 4.69) is 0 Å². The first-order valence-electron chi connectivity index (χ1n) is 5.78. The second-order valence-corrected chi connectivity index (χ2v) is 6.98. The Bertz CT molecular complexity index is 482. The van der Waals surface area contributed by atoms with Crippen molar-refractivity contribution in [2.45, 2.75) is 38.2 Å². The van der Waals surface area contributed by atoms with Crippen LogP contribution in [0.15, 0.2) is 29.2 Å². The molecule has 4 heteroatoms. The molecule has 1 aromatic carbocycles. The molecule has 1 rings (SSSR count). The van der Waals surface area contributed by atoms with E-state index in [1.807, 2.05) is 25.1 Å². The Morgan fingerprint density at radius 1 is 1.28 bits per heavy atom. The van der Waals surface area contributed by atoms with E-state index in [4.69, 9.17) is 5.26 Å². The lowest BCUT2D eigenvalue weighted by atomic mass is 9.79. The molecular formula is C14H19NO2S. The zero-order valence-corrected chi connectivity index (χ0v) is 12.0. The Hall–Kier alpha value is -1.18. The molecule has 0 amide bonds. The van der Waals surface area contributed by atoms with E-state index in [1.54, 1.807) is 32.9 Å². The van der Waals surface area contributed by atoms with Gasteiger partial charge in [0.05, 0.1) is 22.6 Å². The van der Waals surface area contributed by atoms with Crippen LogP contribution in [0.2, 0.25) is 0 Å². The minimum Gasteiger partial charge on any atom is -0.374 e. The molecule has 0 saturated heterocycles. The van der Waals surface area contributed by atoms with Crippen LogP contribution in [0.4, 0.5) is 0 Å². The van der Waals surface area contributed by atoms with Crippen LogP contribution in [0.1, 0.15) is 26.3 Å². The number of rotatable bonds is 3. The number of nitrogens with zero attached hydrogens (tertiary/aromatic N) is 1. The Morgan fingerprint density at radius 2 is 1.78 bits per heavy atom. The summed E-state index contributed by atoms with van der Waals surface area (Å²) in [7, 11) is -1.38. The average Bonchev–Trinajstić information content (AvgIpc) is 2.28. The summed E-state index contributed by atoms with van der Waals surface area (Å²) in [5, 5.41) is 19.4. The van der Waals surface area contributed by atoms with Gasteiger partial charge >= 0.3 is 0 Å². The van der Waals surface area contributed by atoms with Crippen molar-refractivity contribution in [1.29, 1.82) is 5.26 Å². The number of benzene rings is 1. The molecule has 0 aliphatic heterocycles. The standard InChI is InChI=1S/C14H19NO2S/c1-11-5-7-12(8-6-11)18(17)10-14(16,9-15)13(2,3)4/h5-8,16H,10H2,1-4H3/t14-,18+/m0/s1. The zero-order chi connectivity index (χ0) is 14.0. The highest BCUT2D eigenvalue weighted by atomic mass is 32.2. The monoisotopic (exact) mass is 265 g/mol. The maximum atomic E-state index is 12.2. The van der Waals surface area contributed by atoms with Crippen LogP contribution in [0.3, 0.4) is 0 Å². The Labute approximate surface area is 111 Å². The van der Waals surface area contributed by atoms with E-state index in [-0.39, 0.29) is 5.75 Å². The van der Waals surface area contributed by atoms with Gasteiger partial charge in [0.1, 0.15) is 0 Å². The number of hydrogen-bond donors (Lipinski definition) is 1. The van der Waals surface area contributed by atoms with Gasteiger partial charge in [-0.25, -0.2) is 0 Å². The van der Waals surface area contributed by atoms with Crippen molar-refractivity contribution < 1.29 is 9.32 Å². The van der Waals surface area contributed by atoms with Crippen LogP contribution in [0.25, 0.3) is 0 Å². The second kappa shape index (κ2) is 5.21. The molecule has 0 unspecified atom stereocenters. The van der Waals surface area contributed by atoms with Crippen molar-refractivity contribution in [1.82, 2.24) is 0 Å². The summed E-state index contributed by atoms with van der Waals surface area (Å²) in [5.74, 6) is -0.0734. The highest BCUT2D eigenvalue weighted by Gasteiger charge is 2.42. The number of nitriles is 1. The first-order chi connectivity index (χ1) is 8.19. The molecule has 0 spiro atoms. The summed E-state index contributed by atoms with van der Waals surface area (Å²) < 4.78 is 12.2. The molecule has 0 saturated carbocycles. The van der Waals surface area contributed by atoms with Crippen LogP contribution in [-0.4, -0.2) is 20.7 Å². The summed E-state index contributed by atoms with van der Waals surface area (Å²) >= 11 is 0. The van der Waals surface area contributed by atoms with E-state index in [0.717, 1.165) is 5.56 Å². The third kappa shape index (κ3) is 3.18. The molecule has 0 fully saturated rings. The average molecular weight is 265 g/mol. The highest BCUT2D eigenvalue weighted by Crippen LogP contribution is 2.31. The van der Waals surface area contributed by atoms with Crippen LogP contribution >= 0.6 is 0 Å². The molecule has 1 N–H and O–H groups in total. The molecule has 0 bridgehead atoms. The first kappa shape index (κ1) is 14.9. The number of aryl methyl sites for hydroxylation is 1. The normalized spacial score (nSPS) is 16.7. The Morgan fingerprint density at radius 3 is 2.17 bits per heavy atom. The molecule has 0 heterocycles. The van der Waals surface area contributed by atoms with Gasteiger partial charge in [-0.15, -0.1) is 0 Å². The van der Waals surface area contributed by atoms with Gasteiger partial charge in [-0.2, -0.15) is 5.26 Å². The number of aliphatic hydroxyl groups is 1. The fourth-order valence-corrected chi connectivity index (χ4v) is 2.86. The SMILES string of the molecule is Cc1ccc([S@](=O)C[C@@](O)(C#N)C(C)(C)C)cc1. The fourth-order valence-electron chi connectivity index (χ4n) is 1.38. The third-order valence-electron chi connectivity index (χ3n) is 3.05. The van der Waals surface area contributed by atoms with E-state index in [1.165, 1.54) is 0 Å². The molecule has 3 nitrogen and oxygen atoms in total. The molecule has 2 atom stereocenters. The van der Waals surface area contributed by atoms with Crippen LogP contribution < -0.4 is 0 Å². The van der Waals surface area contributed by atoms with Crippen molar-refractivity contribution in [3.8, 4) is 6.07 Å². The lowest BCUT2D eigenvalue weighted by molar-refractivity contribution is 0.0147. The van der Waals surface area contributed by atoms with Gasteiger partial charge in [-0.05, 0) is 19.1 Å². The summed E-state index contributed by atoms with van der Waals surface area (Å²) in [6.45, 7) is 7.25. The largest absolute Gasteiger partial charge is 0.374 e. The van der Waals surface area contributed by atoms with Gasteiger partial charge in [0, 0.05) is 10.3 Å². The molecule has 1 aromatic rings. The summed E-state index contributed by atoms with van der Waals surface area (Å²) in [6, 6.07) is 9.17. The Balaban J connectivity index is 2.94. The van der Waals surface area contributed by atoms with Crippen molar-refractivity contribution in [2.75, 3.05) is 5.75 Å².